The molecule has 0 aliphatic carbocycles. The first-order chi connectivity index (χ1) is 10.4. The first-order valence-electron chi connectivity index (χ1n) is 6.97. The van der Waals surface area contributed by atoms with Crippen molar-refractivity contribution >= 4 is 0 Å². The van der Waals surface area contributed by atoms with Crippen LogP contribution in [-0.2, 0) is 14.2 Å². The van der Waals surface area contributed by atoms with E-state index in [1.54, 1.807) is 0 Å². The van der Waals surface area contributed by atoms with Crippen molar-refractivity contribution in [3.8, 4) is 0 Å². The molecule has 0 radical (unpaired) electrons. The first-order valence-corrected chi connectivity index (χ1v) is 6.97. The lowest BCUT2D eigenvalue weighted by molar-refractivity contribution is -0.336. The Labute approximate surface area is 126 Å². The number of aliphatic hydroxyl groups is 7. The summed E-state index contributed by atoms with van der Waals surface area (Å²) in [5.41, 5.74) is 0. The van der Waals surface area contributed by atoms with E-state index >= 15 is 0 Å². The monoisotopic (exact) mass is 326 g/mol. The first kappa shape index (κ1) is 17.9. The zero-order valence-electron chi connectivity index (χ0n) is 11.7. The second-order valence-electron chi connectivity index (χ2n) is 5.41. The van der Waals surface area contributed by atoms with Crippen molar-refractivity contribution in [2.75, 3.05) is 13.2 Å². The van der Waals surface area contributed by atoms with Gasteiger partial charge < -0.3 is 50.0 Å². The lowest BCUT2D eigenvalue weighted by Crippen LogP contribution is -2.61. The predicted octanol–water partition coefficient (Wildman–Crippen LogP) is -4.37. The van der Waals surface area contributed by atoms with Crippen molar-refractivity contribution in [3.05, 3.63) is 0 Å². The summed E-state index contributed by atoms with van der Waals surface area (Å²) in [6, 6.07) is 0. The molecule has 130 valence electrons. The van der Waals surface area contributed by atoms with E-state index in [0.29, 0.717) is 0 Å². The number of hydrogen-bond acceptors (Lipinski definition) is 10. The third kappa shape index (κ3) is 3.57. The third-order valence-corrected chi connectivity index (χ3v) is 3.86. The molecule has 7 N–H and O–H groups in total. The maximum absolute atomic E-state index is 9.98. The second kappa shape index (κ2) is 7.45. The van der Waals surface area contributed by atoms with E-state index in [1.807, 2.05) is 0 Å². The summed E-state index contributed by atoms with van der Waals surface area (Å²) in [7, 11) is 0. The van der Waals surface area contributed by atoms with Gasteiger partial charge in [-0.2, -0.15) is 0 Å². The van der Waals surface area contributed by atoms with Crippen LogP contribution in [0.3, 0.4) is 0 Å². The minimum atomic E-state index is -1.61. The Kier molecular flexibility index (Phi) is 6.07. The number of hydrogen-bond donors (Lipinski definition) is 7. The van der Waals surface area contributed by atoms with Gasteiger partial charge in [-0.15, -0.1) is 0 Å². The lowest BCUT2D eigenvalue weighted by Gasteiger charge is -2.43. The van der Waals surface area contributed by atoms with Gasteiger partial charge >= 0.3 is 0 Å². The molecule has 1 unspecified atom stereocenters. The standard InChI is InChI=1S/C12H22O10/c13-2-5-8(16)4(1-7(15)20-5)21-12-11(19)10(18)9(17)6(3-14)22-12/h4-19H,1-3H2/t4-,5-,6-,7?,8-,9+,10+,11-,12-/m1/s1. The molecule has 0 saturated carbocycles. The average molecular weight is 326 g/mol. The number of aliphatic hydroxyl groups excluding tert-OH is 7. The van der Waals surface area contributed by atoms with Gasteiger partial charge in [-0.05, 0) is 0 Å². The van der Waals surface area contributed by atoms with Gasteiger partial charge in [0.2, 0.25) is 0 Å². The Morgan fingerprint density at radius 3 is 1.95 bits per heavy atom. The Bertz CT molecular complexity index is 353. The molecule has 0 aromatic heterocycles. The smallest absolute Gasteiger partial charge is 0.187 e. The van der Waals surface area contributed by atoms with Crippen LogP contribution in [0.2, 0.25) is 0 Å². The van der Waals surface area contributed by atoms with E-state index < -0.39 is 68.5 Å². The fourth-order valence-electron chi connectivity index (χ4n) is 2.55. The lowest BCUT2D eigenvalue weighted by atomic mass is 9.98. The number of ether oxygens (including phenoxy) is 3. The van der Waals surface area contributed by atoms with Crippen molar-refractivity contribution in [3.63, 3.8) is 0 Å². The number of rotatable bonds is 4. The Balaban J connectivity index is 2.04. The quantitative estimate of drug-likeness (QED) is 0.268. The molecule has 2 fully saturated rings. The molecule has 0 aromatic rings. The van der Waals surface area contributed by atoms with Crippen LogP contribution in [0.15, 0.2) is 0 Å². The van der Waals surface area contributed by atoms with Crippen molar-refractivity contribution in [2.24, 2.45) is 0 Å². The maximum atomic E-state index is 9.98. The molecular weight excluding hydrogens is 304 g/mol. The van der Waals surface area contributed by atoms with Gasteiger partial charge in [0, 0.05) is 6.42 Å². The molecule has 2 aliphatic rings. The summed E-state index contributed by atoms with van der Waals surface area (Å²) in [4.78, 5) is 0. The van der Waals surface area contributed by atoms with Crippen LogP contribution >= 0.6 is 0 Å². The fourth-order valence-corrected chi connectivity index (χ4v) is 2.55. The van der Waals surface area contributed by atoms with E-state index in [-0.39, 0.29) is 6.42 Å². The van der Waals surface area contributed by atoms with Crippen molar-refractivity contribution in [1.29, 1.82) is 0 Å². The Morgan fingerprint density at radius 1 is 0.773 bits per heavy atom. The molecule has 10 heteroatoms. The van der Waals surface area contributed by atoms with Gasteiger partial charge in [0.25, 0.3) is 0 Å². The van der Waals surface area contributed by atoms with Crippen LogP contribution in [-0.4, -0.2) is 104 Å². The van der Waals surface area contributed by atoms with Crippen molar-refractivity contribution in [1.82, 2.24) is 0 Å². The van der Waals surface area contributed by atoms with Gasteiger partial charge in [-0.1, -0.05) is 0 Å². The molecule has 0 spiro atoms. The molecule has 0 amide bonds. The van der Waals surface area contributed by atoms with Gasteiger partial charge in [0.1, 0.15) is 36.6 Å². The van der Waals surface area contributed by atoms with Crippen LogP contribution in [0.25, 0.3) is 0 Å². The van der Waals surface area contributed by atoms with Gasteiger partial charge in [-0.3, -0.25) is 0 Å². The fraction of sp³-hybridized carbons (Fsp3) is 1.00. The highest BCUT2D eigenvalue weighted by molar-refractivity contribution is 4.91. The maximum Gasteiger partial charge on any atom is 0.187 e. The largest absolute Gasteiger partial charge is 0.394 e. The average Bonchev–Trinajstić information content (AvgIpc) is 2.50. The molecule has 0 aromatic carbocycles. The summed E-state index contributed by atoms with van der Waals surface area (Å²) in [6.45, 7) is -1.16. The van der Waals surface area contributed by atoms with Gasteiger partial charge in [-0.25, -0.2) is 0 Å². The van der Waals surface area contributed by atoms with Crippen LogP contribution in [0.4, 0.5) is 0 Å². The predicted molar refractivity (Wildman–Crippen MR) is 67.2 cm³/mol. The normalized spacial score (nSPS) is 50.0. The highest BCUT2D eigenvalue weighted by Crippen LogP contribution is 2.27. The van der Waals surface area contributed by atoms with Crippen molar-refractivity contribution in [2.45, 2.75) is 61.7 Å². The van der Waals surface area contributed by atoms with Crippen LogP contribution < -0.4 is 0 Å². The van der Waals surface area contributed by atoms with E-state index in [9.17, 15) is 25.5 Å². The van der Waals surface area contributed by atoms with E-state index in [0.717, 1.165) is 0 Å². The van der Waals surface area contributed by atoms with E-state index in [1.165, 1.54) is 0 Å². The molecule has 2 saturated heterocycles. The summed E-state index contributed by atoms with van der Waals surface area (Å²) >= 11 is 0. The van der Waals surface area contributed by atoms with E-state index in [2.05, 4.69) is 0 Å². The third-order valence-electron chi connectivity index (χ3n) is 3.86. The van der Waals surface area contributed by atoms with E-state index in [4.69, 9.17) is 24.4 Å². The zero-order chi connectivity index (χ0) is 16.4. The topological polar surface area (TPSA) is 169 Å². The summed E-state index contributed by atoms with van der Waals surface area (Å²) in [5, 5.41) is 66.9. The highest BCUT2D eigenvalue weighted by atomic mass is 16.7. The highest BCUT2D eigenvalue weighted by Gasteiger charge is 2.47. The molecule has 2 aliphatic heterocycles. The SMILES string of the molecule is OC[C@H]1OC(O)C[C@@H](O[C@@H]2O[C@H](CO)[C@H](O)[C@H](O)[C@H]2O)[C@H]1O. The molecular formula is C12H22O10. The molecule has 10 nitrogen and oxygen atoms in total. The van der Waals surface area contributed by atoms with Crippen LogP contribution in [0, 0.1) is 0 Å². The van der Waals surface area contributed by atoms with Crippen molar-refractivity contribution < 1.29 is 50.0 Å². The zero-order valence-corrected chi connectivity index (χ0v) is 11.7. The van der Waals surface area contributed by atoms with Gasteiger partial charge in [0.05, 0.1) is 19.3 Å². The minimum absolute atomic E-state index is 0.146. The van der Waals surface area contributed by atoms with Crippen LogP contribution in [0.5, 0.6) is 0 Å². The molecule has 2 heterocycles. The second-order valence-corrected chi connectivity index (χ2v) is 5.41. The Hall–Kier alpha value is -0.400. The molecule has 9 atom stereocenters. The molecule has 22 heavy (non-hydrogen) atoms. The summed E-state index contributed by atoms with van der Waals surface area (Å²) in [5.74, 6) is 0. The summed E-state index contributed by atoms with van der Waals surface area (Å²) in [6.07, 6.45) is -12.1. The summed E-state index contributed by atoms with van der Waals surface area (Å²) < 4.78 is 15.4. The minimum Gasteiger partial charge on any atom is -0.394 e. The van der Waals surface area contributed by atoms with Crippen LogP contribution in [0.1, 0.15) is 6.42 Å². The van der Waals surface area contributed by atoms with Gasteiger partial charge in [0.15, 0.2) is 12.6 Å². The Morgan fingerprint density at radius 2 is 1.36 bits per heavy atom. The molecule has 2 rings (SSSR count). The molecule has 0 bridgehead atoms.